The standard InChI is InChI=1S/C25H31ClN4O4S2/c1-17-14-19(26)15-22-23(17)27-25(35-22)30(12-11-28(2)3)24(31)18-7-9-21(10-8-18)36(32,33)29(4)16-20-6-5-13-34-20/h7-10,14-15,20H,5-6,11-13,16H2,1-4H3. The number of aromatic nitrogens is 1. The zero-order chi connectivity index (χ0) is 26.0. The van der Waals surface area contributed by atoms with E-state index in [-0.39, 0.29) is 16.9 Å². The van der Waals surface area contributed by atoms with Crippen LogP contribution in [-0.4, -0.2) is 82.0 Å². The Morgan fingerprint density at radius 3 is 2.53 bits per heavy atom. The molecule has 1 aromatic heterocycles. The van der Waals surface area contributed by atoms with Crippen LogP contribution in [0.5, 0.6) is 0 Å². The van der Waals surface area contributed by atoms with E-state index in [9.17, 15) is 13.2 Å². The molecular weight excluding hydrogens is 520 g/mol. The molecule has 1 fully saturated rings. The number of fused-ring (bicyclic) bond motifs is 1. The lowest BCUT2D eigenvalue weighted by Crippen LogP contribution is -2.37. The first-order valence-corrected chi connectivity index (χ1v) is 14.4. The fourth-order valence-electron chi connectivity index (χ4n) is 4.12. The first kappa shape index (κ1) is 27.0. The van der Waals surface area contributed by atoms with Crippen LogP contribution in [0.15, 0.2) is 41.3 Å². The Labute approximate surface area is 221 Å². The highest BCUT2D eigenvalue weighted by Gasteiger charge is 2.27. The molecule has 3 aromatic rings. The van der Waals surface area contributed by atoms with E-state index < -0.39 is 10.0 Å². The van der Waals surface area contributed by atoms with Crippen LogP contribution >= 0.6 is 22.9 Å². The summed E-state index contributed by atoms with van der Waals surface area (Å²) in [5.41, 5.74) is 2.16. The predicted molar refractivity (Wildman–Crippen MR) is 145 cm³/mol. The number of anilines is 1. The summed E-state index contributed by atoms with van der Waals surface area (Å²) in [7, 11) is 1.75. The minimum atomic E-state index is -3.69. The van der Waals surface area contributed by atoms with Gasteiger partial charge in [0.05, 0.1) is 21.2 Å². The Morgan fingerprint density at radius 2 is 1.89 bits per heavy atom. The number of amides is 1. The summed E-state index contributed by atoms with van der Waals surface area (Å²) in [5.74, 6) is -0.240. The highest BCUT2D eigenvalue weighted by atomic mass is 35.5. The molecule has 1 saturated heterocycles. The minimum absolute atomic E-state index is 0.0804. The van der Waals surface area contributed by atoms with E-state index in [4.69, 9.17) is 21.3 Å². The molecule has 1 aliphatic rings. The first-order valence-electron chi connectivity index (χ1n) is 11.8. The molecular formula is C25H31ClN4O4S2. The van der Waals surface area contributed by atoms with Gasteiger partial charge < -0.3 is 9.64 Å². The number of thiazole rings is 1. The molecule has 1 amide bonds. The van der Waals surface area contributed by atoms with Gasteiger partial charge in [-0.3, -0.25) is 9.69 Å². The molecule has 36 heavy (non-hydrogen) atoms. The van der Waals surface area contributed by atoms with Crippen LogP contribution in [0.3, 0.4) is 0 Å². The monoisotopic (exact) mass is 550 g/mol. The molecule has 0 radical (unpaired) electrons. The third kappa shape index (κ3) is 5.90. The van der Waals surface area contributed by atoms with Crippen LogP contribution in [0.25, 0.3) is 10.2 Å². The van der Waals surface area contributed by atoms with Gasteiger partial charge in [-0.1, -0.05) is 22.9 Å². The van der Waals surface area contributed by atoms with E-state index in [2.05, 4.69) is 0 Å². The van der Waals surface area contributed by atoms with Gasteiger partial charge in [-0.25, -0.2) is 13.4 Å². The van der Waals surface area contributed by atoms with Gasteiger partial charge in [0.25, 0.3) is 5.91 Å². The molecule has 0 bridgehead atoms. The molecule has 1 aliphatic heterocycles. The van der Waals surface area contributed by atoms with Gasteiger partial charge in [-0.2, -0.15) is 4.31 Å². The van der Waals surface area contributed by atoms with Gasteiger partial charge in [0.15, 0.2) is 5.13 Å². The number of carbonyl (C=O) groups is 1. The number of halogens is 1. The van der Waals surface area contributed by atoms with E-state index in [0.717, 1.165) is 28.6 Å². The largest absolute Gasteiger partial charge is 0.377 e. The maximum Gasteiger partial charge on any atom is 0.260 e. The number of likely N-dealkylation sites (N-methyl/N-ethyl adjacent to an activating group) is 2. The predicted octanol–water partition coefficient (Wildman–Crippen LogP) is 4.27. The maximum atomic E-state index is 13.6. The summed E-state index contributed by atoms with van der Waals surface area (Å²) in [6.07, 6.45) is 1.72. The Hall–Kier alpha value is -2.08. The minimum Gasteiger partial charge on any atom is -0.377 e. The summed E-state index contributed by atoms with van der Waals surface area (Å²) in [6.45, 7) is 3.99. The van der Waals surface area contributed by atoms with Crippen molar-refractivity contribution in [2.24, 2.45) is 0 Å². The molecule has 11 heteroatoms. The number of hydrogen-bond donors (Lipinski definition) is 0. The Bertz CT molecular complexity index is 1340. The number of benzene rings is 2. The van der Waals surface area contributed by atoms with Crippen molar-refractivity contribution in [2.45, 2.75) is 30.8 Å². The average Bonchev–Trinajstić information content (AvgIpc) is 3.49. The molecule has 0 aliphatic carbocycles. The van der Waals surface area contributed by atoms with Crippen LogP contribution < -0.4 is 4.90 Å². The van der Waals surface area contributed by atoms with E-state index in [1.165, 1.54) is 27.8 Å². The number of ether oxygens (including phenoxy) is 1. The lowest BCUT2D eigenvalue weighted by Gasteiger charge is -2.23. The van der Waals surface area contributed by atoms with Crippen LogP contribution in [0.1, 0.15) is 28.8 Å². The summed E-state index contributed by atoms with van der Waals surface area (Å²) in [6, 6.07) is 9.81. The molecule has 2 heterocycles. The van der Waals surface area contributed by atoms with Gasteiger partial charge in [0.2, 0.25) is 10.0 Å². The molecule has 8 nitrogen and oxygen atoms in total. The quantitative estimate of drug-likeness (QED) is 0.396. The molecule has 0 N–H and O–H groups in total. The van der Waals surface area contributed by atoms with Gasteiger partial charge in [-0.05, 0) is 75.8 Å². The highest BCUT2D eigenvalue weighted by Crippen LogP contribution is 2.33. The lowest BCUT2D eigenvalue weighted by molar-refractivity contribution is 0.0978. The SMILES string of the molecule is Cc1cc(Cl)cc2sc(N(CCN(C)C)C(=O)c3ccc(S(=O)(=O)N(C)CC4CCCO4)cc3)nc12. The summed E-state index contributed by atoms with van der Waals surface area (Å²) >= 11 is 7.64. The Morgan fingerprint density at radius 1 is 1.17 bits per heavy atom. The van der Waals surface area contributed by atoms with Crippen LogP contribution in [-0.2, 0) is 14.8 Å². The number of nitrogens with zero attached hydrogens (tertiary/aromatic N) is 4. The zero-order valence-electron chi connectivity index (χ0n) is 20.9. The number of rotatable bonds is 9. The van der Waals surface area contributed by atoms with Gasteiger partial charge in [-0.15, -0.1) is 0 Å². The van der Waals surface area contributed by atoms with Crippen LogP contribution in [0, 0.1) is 6.92 Å². The van der Waals surface area contributed by atoms with Gasteiger partial charge >= 0.3 is 0 Å². The highest BCUT2D eigenvalue weighted by molar-refractivity contribution is 7.89. The smallest absolute Gasteiger partial charge is 0.260 e. The molecule has 194 valence electrons. The van der Waals surface area contributed by atoms with Crippen molar-refractivity contribution in [3.8, 4) is 0 Å². The van der Waals surface area contributed by atoms with Gasteiger partial charge in [0, 0.05) is 43.9 Å². The van der Waals surface area contributed by atoms with E-state index in [0.29, 0.717) is 42.0 Å². The van der Waals surface area contributed by atoms with Crippen molar-refractivity contribution < 1.29 is 17.9 Å². The van der Waals surface area contributed by atoms with Crippen molar-refractivity contribution in [3.05, 3.63) is 52.5 Å². The second kappa shape index (κ2) is 11.1. The molecule has 0 saturated carbocycles. The number of aryl methyl sites for hydroxylation is 1. The molecule has 1 atom stereocenters. The van der Waals surface area contributed by atoms with Gasteiger partial charge in [0.1, 0.15) is 0 Å². The fraction of sp³-hybridized carbons (Fsp3) is 0.440. The Balaban J connectivity index is 1.59. The molecule has 0 spiro atoms. The number of hydrogen-bond acceptors (Lipinski definition) is 7. The number of carbonyl (C=O) groups excluding carboxylic acids is 1. The van der Waals surface area contributed by atoms with E-state index in [1.54, 1.807) is 24.1 Å². The zero-order valence-corrected chi connectivity index (χ0v) is 23.3. The van der Waals surface area contributed by atoms with Crippen molar-refractivity contribution in [3.63, 3.8) is 0 Å². The van der Waals surface area contributed by atoms with E-state index >= 15 is 0 Å². The Kier molecular flexibility index (Phi) is 8.33. The first-order chi connectivity index (χ1) is 17.1. The summed E-state index contributed by atoms with van der Waals surface area (Å²) in [5, 5.41) is 1.21. The second-order valence-corrected chi connectivity index (χ2v) is 12.8. The third-order valence-electron chi connectivity index (χ3n) is 6.18. The molecule has 4 rings (SSSR count). The number of sulfonamides is 1. The summed E-state index contributed by atoms with van der Waals surface area (Å²) in [4.78, 5) is 22.1. The average molecular weight is 551 g/mol. The van der Waals surface area contributed by atoms with Crippen molar-refractivity contribution in [1.82, 2.24) is 14.2 Å². The second-order valence-electron chi connectivity index (χ2n) is 9.27. The van der Waals surface area contributed by atoms with Crippen LogP contribution in [0.4, 0.5) is 5.13 Å². The van der Waals surface area contributed by atoms with Crippen molar-refractivity contribution in [1.29, 1.82) is 0 Å². The van der Waals surface area contributed by atoms with E-state index in [1.807, 2.05) is 38.1 Å². The normalized spacial score (nSPS) is 16.4. The van der Waals surface area contributed by atoms with Crippen molar-refractivity contribution in [2.75, 3.05) is 52.3 Å². The topological polar surface area (TPSA) is 83.1 Å². The molecule has 2 aromatic carbocycles. The summed E-state index contributed by atoms with van der Waals surface area (Å²) < 4.78 is 33.9. The van der Waals surface area contributed by atoms with Crippen LogP contribution in [0.2, 0.25) is 5.02 Å². The lowest BCUT2D eigenvalue weighted by atomic mass is 10.2. The molecule has 1 unspecified atom stereocenters. The fourth-order valence-corrected chi connectivity index (χ4v) is 6.77. The van der Waals surface area contributed by atoms with Crippen molar-refractivity contribution >= 4 is 54.2 Å². The third-order valence-corrected chi connectivity index (χ3v) is 9.26. The maximum absolute atomic E-state index is 13.6.